The average Bonchev–Trinajstić information content (AvgIpc) is 2.46. The lowest BCUT2D eigenvalue weighted by Crippen LogP contribution is -2.45. The van der Waals surface area contributed by atoms with Gasteiger partial charge in [0.15, 0.2) is 5.78 Å². The van der Waals surface area contributed by atoms with Crippen LogP contribution in [0.4, 0.5) is 11.8 Å². The lowest BCUT2D eigenvalue weighted by molar-refractivity contribution is 0.0972. The van der Waals surface area contributed by atoms with Crippen molar-refractivity contribution in [1.82, 2.24) is 9.97 Å². The second-order valence-electron chi connectivity index (χ2n) is 6.26. The minimum absolute atomic E-state index is 0.173. The van der Waals surface area contributed by atoms with Crippen LogP contribution >= 0.6 is 0 Å². The normalized spacial score (nSPS) is 25.7. The molecule has 0 aromatic carbocycles. The fourth-order valence-corrected chi connectivity index (χ4v) is 3.62. The molecule has 2 heterocycles. The van der Waals surface area contributed by atoms with E-state index in [1.54, 1.807) is 0 Å². The van der Waals surface area contributed by atoms with Gasteiger partial charge in [-0.2, -0.15) is 4.98 Å². The number of nitrogens with one attached hydrogen (secondary N) is 1. The molecule has 0 saturated carbocycles. The number of hydrogen-bond acceptors (Lipinski definition) is 5. The third-order valence-corrected chi connectivity index (χ3v) is 4.73. The number of carbonyl (C=O) groups is 1. The highest BCUT2D eigenvalue weighted by Crippen LogP contribution is 2.31. The van der Waals surface area contributed by atoms with Gasteiger partial charge in [0.05, 0.1) is 11.3 Å². The van der Waals surface area contributed by atoms with Gasteiger partial charge in [-0.25, -0.2) is 4.98 Å². The van der Waals surface area contributed by atoms with Crippen LogP contribution in [0.2, 0.25) is 0 Å². The SMILES string of the molecule is CNc1nc(N2[C@H](C)CCC[C@@H]2C)nc2c1C(=O)CCC2. The maximum atomic E-state index is 12.1. The van der Waals surface area contributed by atoms with Crippen molar-refractivity contribution >= 4 is 17.5 Å². The van der Waals surface area contributed by atoms with Crippen molar-refractivity contribution in [3.05, 3.63) is 11.3 Å². The smallest absolute Gasteiger partial charge is 0.228 e. The summed E-state index contributed by atoms with van der Waals surface area (Å²) in [4.78, 5) is 23.9. The standard InChI is InChI=1S/C16H24N4O/c1-10-6-4-7-11(2)20(10)16-18-12-8-5-9-13(21)14(12)15(17-3)19-16/h10-11H,4-9H2,1-3H3,(H,17,18,19)/t10-,11+. The molecular weight excluding hydrogens is 264 g/mol. The van der Waals surface area contributed by atoms with Crippen LogP contribution in [0.3, 0.4) is 0 Å². The minimum Gasteiger partial charge on any atom is -0.372 e. The molecule has 1 saturated heterocycles. The molecule has 114 valence electrons. The van der Waals surface area contributed by atoms with E-state index in [1.165, 1.54) is 19.3 Å². The zero-order valence-corrected chi connectivity index (χ0v) is 13.1. The van der Waals surface area contributed by atoms with Crippen LogP contribution in [0.1, 0.15) is 62.0 Å². The Labute approximate surface area is 126 Å². The van der Waals surface area contributed by atoms with Crippen LogP contribution < -0.4 is 10.2 Å². The van der Waals surface area contributed by atoms with Crippen LogP contribution in [-0.4, -0.2) is 34.9 Å². The van der Waals surface area contributed by atoms with Crippen molar-refractivity contribution in [1.29, 1.82) is 0 Å². The molecule has 21 heavy (non-hydrogen) atoms. The van der Waals surface area contributed by atoms with E-state index >= 15 is 0 Å². The van der Waals surface area contributed by atoms with E-state index in [1.807, 2.05) is 7.05 Å². The number of fused-ring (bicyclic) bond motifs is 1. The molecule has 2 aliphatic rings. The molecule has 0 radical (unpaired) electrons. The third-order valence-electron chi connectivity index (χ3n) is 4.73. The molecule has 0 spiro atoms. The van der Waals surface area contributed by atoms with Crippen molar-refractivity contribution in [2.45, 2.75) is 64.5 Å². The van der Waals surface area contributed by atoms with Crippen LogP contribution in [0.15, 0.2) is 0 Å². The molecule has 2 atom stereocenters. The van der Waals surface area contributed by atoms with Gasteiger partial charge in [0.25, 0.3) is 0 Å². The fraction of sp³-hybridized carbons (Fsp3) is 0.688. The maximum Gasteiger partial charge on any atom is 0.228 e. The van der Waals surface area contributed by atoms with Crippen molar-refractivity contribution in [2.75, 3.05) is 17.3 Å². The van der Waals surface area contributed by atoms with Gasteiger partial charge < -0.3 is 10.2 Å². The molecule has 0 amide bonds. The van der Waals surface area contributed by atoms with E-state index < -0.39 is 0 Å². The summed E-state index contributed by atoms with van der Waals surface area (Å²) in [6.07, 6.45) is 6.01. The summed E-state index contributed by atoms with van der Waals surface area (Å²) in [6.45, 7) is 4.48. The van der Waals surface area contributed by atoms with E-state index in [-0.39, 0.29) is 5.78 Å². The summed E-state index contributed by atoms with van der Waals surface area (Å²) in [7, 11) is 1.83. The molecule has 5 heteroatoms. The molecule has 1 aliphatic carbocycles. The quantitative estimate of drug-likeness (QED) is 0.907. The third kappa shape index (κ3) is 2.49. The van der Waals surface area contributed by atoms with Crippen molar-refractivity contribution in [3.63, 3.8) is 0 Å². The van der Waals surface area contributed by atoms with Gasteiger partial charge in [0, 0.05) is 25.6 Å². The Morgan fingerprint density at radius 1 is 1.10 bits per heavy atom. The molecule has 1 aliphatic heterocycles. The molecule has 1 aromatic rings. The molecule has 3 rings (SSSR count). The molecule has 1 fully saturated rings. The molecular formula is C16H24N4O. The van der Waals surface area contributed by atoms with Crippen LogP contribution in [0.25, 0.3) is 0 Å². The van der Waals surface area contributed by atoms with Gasteiger partial charge in [0.1, 0.15) is 5.82 Å². The van der Waals surface area contributed by atoms with E-state index in [9.17, 15) is 4.79 Å². The molecule has 0 unspecified atom stereocenters. The lowest BCUT2D eigenvalue weighted by Gasteiger charge is -2.39. The number of nitrogens with zero attached hydrogens (tertiary/aromatic N) is 3. The summed E-state index contributed by atoms with van der Waals surface area (Å²) in [5.74, 6) is 1.66. The fourth-order valence-electron chi connectivity index (χ4n) is 3.62. The molecule has 0 bridgehead atoms. The first-order valence-corrected chi connectivity index (χ1v) is 8.02. The Morgan fingerprint density at radius 2 is 1.81 bits per heavy atom. The summed E-state index contributed by atoms with van der Waals surface area (Å²) < 4.78 is 0. The first kappa shape index (κ1) is 14.3. The predicted octanol–water partition coefficient (Wildman–Crippen LogP) is 2.80. The van der Waals surface area contributed by atoms with Crippen molar-refractivity contribution in [3.8, 4) is 0 Å². The van der Waals surface area contributed by atoms with Gasteiger partial charge in [-0.1, -0.05) is 0 Å². The van der Waals surface area contributed by atoms with Gasteiger partial charge in [-0.3, -0.25) is 4.79 Å². The predicted molar refractivity (Wildman–Crippen MR) is 84.1 cm³/mol. The van der Waals surface area contributed by atoms with E-state index in [2.05, 4.69) is 29.0 Å². The number of piperidine rings is 1. The molecule has 1 N–H and O–H groups in total. The zero-order chi connectivity index (χ0) is 15.0. The number of aromatic nitrogens is 2. The Hall–Kier alpha value is -1.65. The van der Waals surface area contributed by atoms with E-state index in [0.717, 1.165) is 24.5 Å². The highest BCUT2D eigenvalue weighted by molar-refractivity contribution is 6.02. The van der Waals surface area contributed by atoms with Gasteiger partial charge >= 0.3 is 0 Å². The number of ketones is 1. The topological polar surface area (TPSA) is 58.1 Å². The highest BCUT2D eigenvalue weighted by atomic mass is 16.1. The first-order valence-electron chi connectivity index (χ1n) is 8.02. The largest absolute Gasteiger partial charge is 0.372 e. The van der Waals surface area contributed by atoms with Crippen LogP contribution in [-0.2, 0) is 6.42 Å². The summed E-state index contributed by atoms with van der Waals surface area (Å²) in [5.41, 5.74) is 1.63. The number of rotatable bonds is 2. The van der Waals surface area contributed by atoms with Crippen molar-refractivity contribution < 1.29 is 4.79 Å². The number of Topliss-reactive ketones (excluding diaryl/α,β-unsaturated/α-hetero) is 1. The Morgan fingerprint density at radius 3 is 2.48 bits per heavy atom. The Balaban J connectivity index is 2.05. The monoisotopic (exact) mass is 288 g/mol. The number of hydrogen-bond donors (Lipinski definition) is 1. The van der Waals surface area contributed by atoms with E-state index in [4.69, 9.17) is 4.98 Å². The zero-order valence-electron chi connectivity index (χ0n) is 13.1. The highest BCUT2D eigenvalue weighted by Gasteiger charge is 2.30. The molecule has 5 nitrogen and oxygen atoms in total. The second kappa shape index (κ2) is 5.62. The molecule has 1 aromatic heterocycles. The summed E-state index contributed by atoms with van der Waals surface area (Å²) in [5, 5.41) is 3.10. The second-order valence-corrected chi connectivity index (χ2v) is 6.26. The first-order chi connectivity index (χ1) is 10.1. The average molecular weight is 288 g/mol. The lowest BCUT2D eigenvalue weighted by atomic mass is 9.94. The number of carbonyl (C=O) groups excluding carboxylic acids is 1. The Bertz CT molecular complexity index is 530. The maximum absolute atomic E-state index is 12.1. The van der Waals surface area contributed by atoms with Crippen LogP contribution in [0, 0.1) is 0 Å². The van der Waals surface area contributed by atoms with Gasteiger partial charge in [0.2, 0.25) is 5.95 Å². The van der Waals surface area contributed by atoms with E-state index in [0.29, 0.717) is 29.9 Å². The number of anilines is 2. The van der Waals surface area contributed by atoms with Gasteiger partial charge in [-0.05, 0) is 46.0 Å². The Kier molecular flexibility index (Phi) is 3.83. The summed E-state index contributed by atoms with van der Waals surface area (Å²) in [6, 6.07) is 0.909. The summed E-state index contributed by atoms with van der Waals surface area (Å²) >= 11 is 0. The van der Waals surface area contributed by atoms with Crippen LogP contribution in [0.5, 0.6) is 0 Å². The number of aryl methyl sites for hydroxylation is 1. The van der Waals surface area contributed by atoms with Gasteiger partial charge in [-0.15, -0.1) is 0 Å². The van der Waals surface area contributed by atoms with Crippen molar-refractivity contribution in [2.24, 2.45) is 0 Å². The minimum atomic E-state index is 0.173.